The number of carboxylic acid groups (broad SMARTS) is 1. The predicted molar refractivity (Wildman–Crippen MR) is 116 cm³/mol. The summed E-state index contributed by atoms with van der Waals surface area (Å²) in [4.78, 5) is 54.3. The standard InChI is InChI=1S/C23H25N3O6/c27-17-13-19(22(30)25-9-4-8-24(11-12-25)15-21(28)29)32-20(14-17)23(31)26-10-3-6-16-5-1-2-7-18(16)26/h1-2,5,7,13-14H,3-4,6,8-12,15H2,(H,28,29). The molecule has 0 saturated carbocycles. The fourth-order valence-electron chi connectivity index (χ4n) is 4.25. The van der Waals surface area contributed by atoms with Crippen molar-refractivity contribution in [1.29, 1.82) is 0 Å². The van der Waals surface area contributed by atoms with Gasteiger partial charge in [0.25, 0.3) is 11.8 Å². The minimum atomic E-state index is -0.915. The molecule has 2 aromatic rings. The Morgan fingerprint density at radius 3 is 2.44 bits per heavy atom. The summed E-state index contributed by atoms with van der Waals surface area (Å²) in [6, 6.07) is 9.83. The maximum Gasteiger partial charge on any atom is 0.317 e. The van der Waals surface area contributed by atoms with Crippen molar-refractivity contribution < 1.29 is 23.9 Å². The zero-order valence-corrected chi connectivity index (χ0v) is 17.7. The lowest BCUT2D eigenvalue weighted by atomic mass is 10.0. The SMILES string of the molecule is O=C(O)CN1CCCN(C(=O)c2cc(=O)cc(C(=O)N3CCCc4ccccc43)o2)CC1. The zero-order valence-electron chi connectivity index (χ0n) is 17.7. The quantitative estimate of drug-likeness (QED) is 0.768. The Hall–Kier alpha value is -3.46. The monoisotopic (exact) mass is 439 g/mol. The Morgan fingerprint density at radius 2 is 1.66 bits per heavy atom. The van der Waals surface area contributed by atoms with E-state index in [4.69, 9.17) is 9.52 Å². The first-order valence-corrected chi connectivity index (χ1v) is 10.7. The summed E-state index contributed by atoms with van der Waals surface area (Å²) in [6.07, 6.45) is 2.27. The average molecular weight is 439 g/mol. The summed E-state index contributed by atoms with van der Waals surface area (Å²) in [5, 5.41) is 8.98. The van der Waals surface area contributed by atoms with Crippen LogP contribution in [0.3, 0.4) is 0 Å². The highest BCUT2D eigenvalue weighted by Crippen LogP contribution is 2.28. The van der Waals surface area contributed by atoms with Crippen LogP contribution in [0.1, 0.15) is 39.5 Å². The van der Waals surface area contributed by atoms with Crippen molar-refractivity contribution in [2.45, 2.75) is 19.3 Å². The predicted octanol–water partition coefficient (Wildman–Crippen LogP) is 1.47. The van der Waals surface area contributed by atoms with E-state index in [1.807, 2.05) is 24.3 Å². The highest BCUT2D eigenvalue weighted by molar-refractivity contribution is 6.05. The first-order valence-electron chi connectivity index (χ1n) is 10.7. The summed E-state index contributed by atoms with van der Waals surface area (Å²) in [5.74, 6) is -2.20. The molecule has 1 saturated heterocycles. The molecule has 3 heterocycles. The van der Waals surface area contributed by atoms with Gasteiger partial charge in [0.1, 0.15) is 0 Å². The summed E-state index contributed by atoms with van der Waals surface area (Å²) in [6.45, 7) is 2.11. The molecule has 0 radical (unpaired) electrons. The summed E-state index contributed by atoms with van der Waals surface area (Å²) < 4.78 is 5.65. The van der Waals surface area contributed by atoms with Gasteiger partial charge in [-0.05, 0) is 30.9 Å². The third kappa shape index (κ3) is 4.72. The molecule has 1 N–H and O–H groups in total. The number of rotatable bonds is 4. The summed E-state index contributed by atoms with van der Waals surface area (Å²) in [5.41, 5.74) is 1.36. The number of carbonyl (C=O) groups excluding carboxylic acids is 2. The van der Waals surface area contributed by atoms with Gasteiger partial charge < -0.3 is 19.3 Å². The number of hydrogen-bond acceptors (Lipinski definition) is 6. The largest absolute Gasteiger partial charge is 0.480 e. The van der Waals surface area contributed by atoms with E-state index in [0.717, 1.165) is 36.2 Å². The van der Waals surface area contributed by atoms with E-state index in [1.165, 1.54) is 4.90 Å². The maximum absolute atomic E-state index is 13.2. The van der Waals surface area contributed by atoms with E-state index in [1.54, 1.807) is 9.80 Å². The molecule has 0 atom stereocenters. The Morgan fingerprint density at radius 1 is 0.906 bits per heavy atom. The minimum Gasteiger partial charge on any atom is -0.480 e. The highest BCUT2D eigenvalue weighted by atomic mass is 16.4. The number of anilines is 1. The Kier molecular flexibility index (Phi) is 6.36. The van der Waals surface area contributed by atoms with Crippen LogP contribution < -0.4 is 10.3 Å². The second-order valence-electron chi connectivity index (χ2n) is 8.03. The molecule has 0 unspecified atom stereocenters. The van der Waals surface area contributed by atoms with Gasteiger partial charge in [0.15, 0.2) is 16.9 Å². The number of aliphatic carboxylic acids is 1. The Labute approximate surface area is 184 Å². The first kappa shape index (κ1) is 21.8. The molecule has 2 aliphatic rings. The van der Waals surface area contributed by atoms with Crippen molar-refractivity contribution in [2.75, 3.05) is 44.2 Å². The molecule has 1 aromatic heterocycles. The number of nitrogens with zero attached hydrogens (tertiary/aromatic N) is 3. The Bertz CT molecular complexity index is 1100. The van der Waals surface area contributed by atoms with Crippen LogP contribution in [0, 0.1) is 0 Å². The van der Waals surface area contributed by atoms with Crippen molar-refractivity contribution in [3.8, 4) is 0 Å². The lowest BCUT2D eigenvalue weighted by Gasteiger charge is -2.29. The van der Waals surface area contributed by atoms with E-state index in [2.05, 4.69) is 0 Å². The van der Waals surface area contributed by atoms with Crippen molar-refractivity contribution in [2.24, 2.45) is 0 Å². The molecule has 32 heavy (non-hydrogen) atoms. The van der Waals surface area contributed by atoms with Gasteiger partial charge in [-0.2, -0.15) is 0 Å². The molecular weight excluding hydrogens is 414 g/mol. The second kappa shape index (κ2) is 9.35. The molecule has 2 amide bonds. The van der Waals surface area contributed by atoms with Gasteiger partial charge in [0.05, 0.1) is 6.54 Å². The smallest absolute Gasteiger partial charge is 0.317 e. The van der Waals surface area contributed by atoms with Crippen LogP contribution in [0.2, 0.25) is 0 Å². The number of carboxylic acids is 1. The molecule has 9 heteroatoms. The molecule has 168 valence electrons. The molecule has 0 bridgehead atoms. The average Bonchev–Trinajstić information content (AvgIpc) is 3.02. The van der Waals surface area contributed by atoms with Crippen LogP contribution in [0.25, 0.3) is 0 Å². The normalized spacial score (nSPS) is 16.9. The lowest BCUT2D eigenvalue weighted by Crippen LogP contribution is -2.38. The zero-order chi connectivity index (χ0) is 22.7. The fourth-order valence-corrected chi connectivity index (χ4v) is 4.25. The lowest BCUT2D eigenvalue weighted by molar-refractivity contribution is -0.138. The number of benzene rings is 1. The molecular formula is C23H25N3O6. The maximum atomic E-state index is 13.2. The highest BCUT2D eigenvalue weighted by Gasteiger charge is 2.28. The van der Waals surface area contributed by atoms with Crippen LogP contribution in [0.15, 0.2) is 45.6 Å². The number of fused-ring (bicyclic) bond motifs is 1. The van der Waals surface area contributed by atoms with E-state index in [0.29, 0.717) is 39.1 Å². The molecule has 9 nitrogen and oxygen atoms in total. The van der Waals surface area contributed by atoms with Crippen LogP contribution in [0.5, 0.6) is 0 Å². The number of amides is 2. The van der Waals surface area contributed by atoms with Gasteiger partial charge in [-0.3, -0.25) is 24.1 Å². The number of hydrogen-bond donors (Lipinski definition) is 1. The third-order valence-corrected chi connectivity index (χ3v) is 5.78. The minimum absolute atomic E-state index is 0.0849. The van der Waals surface area contributed by atoms with Crippen molar-refractivity contribution >= 4 is 23.5 Å². The number of carbonyl (C=O) groups is 3. The molecule has 1 fully saturated rings. The van der Waals surface area contributed by atoms with Crippen LogP contribution >= 0.6 is 0 Å². The van der Waals surface area contributed by atoms with E-state index in [-0.39, 0.29) is 18.1 Å². The van der Waals surface area contributed by atoms with Crippen LogP contribution in [-0.2, 0) is 11.2 Å². The van der Waals surface area contributed by atoms with E-state index in [9.17, 15) is 19.2 Å². The van der Waals surface area contributed by atoms with E-state index < -0.39 is 23.2 Å². The Balaban J connectivity index is 1.54. The molecule has 0 spiro atoms. The van der Waals surface area contributed by atoms with Crippen LogP contribution in [-0.4, -0.2) is 72.0 Å². The topological polar surface area (TPSA) is 111 Å². The van der Waals surface area contributed by atoms with Crippen LogP contribution in [0.4, 0.5) is 5.69 Å². The van der Waals surface area contributed by atoms with Crippen molar-refractivity contribution in [3.63, 3.8) is 0 Å². The second-order valence-corrected chi connectivity index (χ2v) is 8.03. The van der Waals surface area contributed by atoms with Gasteiger partial charge in [-0.15, -0.1) is 0 Å². The van der Waals surface area contributed by atoms with Gasteiger partial charge in [0, 0.05) is 50.5 Å². The number of aryl methyl sites for hydroxylation is 1. The van der Waals surface area contributed by atoms with Gasteiger partial charge >= 0.3 is 5.97 Å². The summed E-state index contributed by atoms with van der Waals surface area (Å²) in [7, 11) is 0. The van der Waals surface area contributed by atoms with E-state index >= 15 is 0 Å². The summed E-state index contributed by atoms with van der Waals surface area (Å²) >= 11 is 0. The molecule has 4 rings (SSSR count). The van der Waals surface area contributed by atoms with Gasteiger partial charge in [-0.25, -0.2) is 0 Å². The molecule has 2 aliphatic heterocycles. The molecule has 0 aliphatic carbocycles. The van der Waals surface area contributed by atoms with Crippen molar-refractivity contribution in [3.05, 3.63) is 63.7 Å². The number of para-hydroxylation sites is 1. The first-order chi connectivity index (χ1) is 15.4. The van der Waals surface area contributed by atoms with Gasteiger partial charge in [0.2, 0.25) is 0 Å². The third-order valence-electron chi connectivity index (χ3n) is 5.78. The molecule has 1 aromatic carbocycles. The van der Waals surface area contributed by atoms with Gasteiger partial charge in [-0.1, -0.05) is 18.2 Å². The fraction of sp³-hybridized carbons (Fsp3) is 0.391. The van der Waals surface area contributed by atoms with Crippen molar-refractivity contribution in [1.82, 2.24) is 9.80 Å².